The van der Waals surface area contributed by atoms with Gasteiger partial charge in [-0.2, -0.15) is 0 Å². The Kier molecular flexibility index (Phi) is 3.46. The molecule has 0 amide bonds. The van der Waals surface area contributed by atoms with Crippen LogP contribution in [0.5, 0.6) is 0 Å². The van der Waals surface area contributed by atoms with Gasteiger partial charge in [-0.25, -0.2) is 4.68 Å². The maximum Gasteiger partial charge on any atom is 0.0881 e. The summed E-state index contributed by atoms with van der Waals surface area (Å²) in [5, 5.41) is 8.32. The van der Waals surface area contributed by atoms with E-state index < -0.39 is 0 Å². The minimum Gasteiger partial charge on any atom is -0.249 e. The molecule has 0 N–H and O–H groups in total. The molecule has 13 heavy (non-hydrogen) atoms. The fourth-order valence-electron chi connectivity index (χ4n) is 1.43. The molecule has 0 aliphatic carbocycles. The second-order valence-electron chi connectivity index (χ2n) is 3.79. The average molecular weight is 181 g/mol. The predicted octanol–water partition coefficient (Wildman–Crippen LogP) is 2.51. The molecular formula is C10H19N3. The second kappa shape index (κ2) is 4.40. The van der Waals surface area contributed by atoms with Crippen LogP contribution >= 0.6 is 0 Å². The SMILES string of the molecule is CCCCn1nnc(C(C)C)c1C. The molecule has 0 unspecified atom stereocenters. The molecular weight excluding hydrogens is 162 g/mol. The van der Waals surface area contributed by atoms with Crippen molar-refractivity contribution in [3.63, 3.8) is 0 Å². The lowest BCUT2D eigenvalue weighted by molar-refractivity contribution is 0.542. The fraction of sp³-hybridized carbons (Fsp3) is 0.800. The van der Waals surface area contributed by atoms with Crippen LogP contribution in [0.1, 0.15) is 50.9 Å². The Balaban J connectivity index is 2.74. The van der Waals surface area contributed by atoms with Gasteiger partial charge < -0.3 is 0 Å². The van der Waals surface area contributed by atoms with Gasteiger partial charge in [-0.3, -0.25) is 0 Å². The molecule has 0 radical (unpaired) electrons. The molecule has 0 saturated carbocycles. The lowest BCUT2D eigenvalue weighted by Gasteiger charge is -2.03. The van der Waals surface area contributed by atoms with E-state index in [-0.39, 0.29) is 0 Å². The number of rotatable bonds is 4. The highest BCUT2D eigenvalue weighted by molar-refractivity contribution is 5.11. The van der Waals surface area contributed by atoms with E-state index in [1.54, 1.807) is 0 Å². The van der Waals surface area contributed by atoms with Crippen molar-refractivity contribution in [3.8, 4) is 0 Å². The molecule has 74 valence electrons. The molecule has 0 aromatic carbocycles. The van der Waals surface area contributed by atoms with Crippen molar-refractivity contribution in [1.82, 2.24) is 15.0 Å². The first kappa shape index (κ1) is 10.2. The summed E-state index contributed by atoms with van der Waals surface area (Å²) in [5.74, 6) is 0.482. The van der Waals surface area contributed by atoms with Crippen LogP contribution < -0.4 is 0 Å². The quantitative estimate of drug-likeness (QED) is 0.714. The standard InChI is InChI=1S/C10H19N3/c1-5-6-7-13-9(4)10(8(2)3)11-12-13/h8H,5-7H2,1-4H3. The first-order valence-corrected chi connectivity index (χ1v) is 5.06. The van der Waals surface area contributed by atoms with Crippen molar-refractivity contribution < 1.29 is 0 Å². The number of hydrogen-bond donors (Lipinski definition) is 0. The molecule has 0 bridgehead atoms. The van der Waals surface area contributed by atoms with Crippen LogP contribution in [-0.4, -0.2) is 15.0 Å². The van der Waals surface area contributed by atoms with Crippen molar-refractivity contribution >= 4 is 0 Å². The summed E-state index contributed by atoms with van der Waals surface area (Å²) in [6, 6.07) is 0. The number of nitrogens with zero attached hydrogens (tertiary/aromatic N) is 3. The second-order valence-corrected chi connectivity index (χ2v) is 3.79. The molecule has 1 aromatic heterocycles. The van der Waals surface area contributed by atoms with E-state index >= 15 is 0 Å². The van der Waals surface area contributed by atoms with Crippen molar-refractivity contribution in [2.24, 2.45) is 0 Å². The third kappa shape index (κ3) is 2.29. The van der Waals surface area contributed by atoms with E-state index in [9.17, 15) is 0 Å². The van der Waals surface area contributed by atoms with Gasteiger partial charge in [0.05, 0.1) is 11.4 Å². The molecule has 0 aliphatic heterocycles. The zero-order chi connectivity index (χ0) is 9.84. The summed E-state index contributed by atoms with van der Waals surface area (Å²) >= 11 is 0. The van der Waals surface area contributed by atoms with Crippen LogP contribution in [0.15, 0.2) is 0 Å². The summed E-state index contributed by atoms with van der Waals surface area (Å²) in [5.41, 5.74) is 2.36. The Morgan fingerprint density at radius 3 is 2.54 bits per heavy atom. The molecule has 1 heterocycles. The average Bonchev–Trinajstić information content (AvgIpc) is 2.43. The Hall–Kier alpha value is -0.860. The van der Waals surface area contributed by atoms with Crippen LogP contribution in [-0.2, 0) is 6.54 Å². The van der Waals surface area contributed by atoms with Gasteiger partial charge in [0.1, 0.15) is 0 Å². The number of aryl methyl sites for hydroxylation is 1. The van der Waals surface area contributed by atoms with Crippen LogP contribution in [0.3, 0.4) is 0 Å². The Morgan fingerprint density at radius 1 is 1.38 bits per heavy atom. The summed E-state index contributed by atoms with van der Waals surface area (Å²) in [6.45, 7) is 9.60. The maximum atomic E-state index is 4.18. The zero-order valence-electron chi connectivity index (χ0n) is 9.04. The normalized spacial score (nSPS) is 11.2. The highest BCUT2D eigenvalue weighted by Crippen LogP contribution is 2.15. The van der Waals surface area contributed by atoms with E-state index in [2.05, 4.69) is 38.0 Å². The third-order valence-electron chi connectivity index (χ3n) is 2.29. The van der Waals surface area contributed by atoms with Gasteiger partial charge in [0.15, 0.2) is 0 Å². The zero-order valence-corrected chi connectivity index (χ0v) is 9.04. The molecule has 0 spiro atoms. The van der Waals surface area contributed by atoms with Gasteiger partial charge in [0, 0.05) is 6.54 Å². The fourth-order valence-corrected chi connectivity index (χ4v) is 1.43. The van der Waals surface area contributed by atoms with Gasteiger partial charge in [-0.05, 0) is 19.3 Å². The third-order valence-corrected chi connectivity index (χ3v) is 2.29. The lowest BCUT2D eigenvalue weighted by atomic mass is 10.1. The predicted molar refractivity (Wildman–Crippen MR) is 53.8 cm³/mol. The van der Waals surface area contributed by atoms with Crippen LogP contribution in [0.25, 0.3) is 0 Å². The summed E-state index contributed by atoms with van der Waals surface area (Å²) in [7, 11) is 0. The van der Waals surface area contributed by atoms with Crippen LogP contribution in [0.2, 0.25) is 0 Å². The van der Waals surface area contributed by atoms with Gasteiger partial charge in [0.2, 0.25) is 0 Å². The van der Waals surface area contributed by atoms with Gasteiger partial charge in [0.25, 0.3) is 0 Å². The minimum absolute atomic E-state index is 0.482. The maximum absolute atomic E-state index is 4.18. The Morgan fingerprint density at radius 2 is 2.08 bits per heavy atom. The van der Waals surface area contributed by atoms with Crippen molar-refractivity contribution in [3.05, 3.63) is 11.4 Å². The van der Waals surface area contributed by atoms with Crippen molar-refractivity contribution in [2.75, 3.05) is 0 Å². The first-order chi connectivity index (χ1) is 6.16. The van der Waals surface area contributed by atoms with E-state index in [0.29, 0.717) is 5.92 Å². The summed E-state index contributed by atoms with van der Waals surface area (Å²) < 4.78 is 2.01. The van der Waals surface area contributed by atoms with E-state index in [1.807, 2.05) is 4.68 Å². The van der Waals surface area contributed by atoms with Crippen LogP contribution in [0.4, 0.5) is 0 Å². The molecule has 1 rings (SSSR count). The Bertz CT molecular complexity index is 263. The number of hydrogen-bond acceptors (Lipinski definition) is 2. The van der Waals surface area contributed by atoms with Crippen molar-refractivity contribution in [2.45, 2.75) is 53.0 Å². The number of unbranched alkanes of at least 4 members (excludes halogenated alkanes) is 1. The monoisotopic (exact) mass is 181 g/mol. The minimum atomic E-state index is 0.482. The van der Waals surface area contributed by atoms with E-state index in [1.165, 1.54) is 18.5 Å². The highest BCUT2D eigenvalue weighted by Gasteiger charge is 2.10. The topological polar surface area (TPSA) is 30.7 Å². The van der Waals surface area contributed by atoms with E-state index in [4.69, 9.17) is 0 Å². The summed E-state index contributed by atoms with van der Waals surface area (Å²) in [6.07, 6.45) is 2.39. The molecule has 3 nitrogen and oxygen atoms in total. The molecule has 1 aromatic rings. The largest absolute Gasteiger partial charge is 0.249 e. The lowest BCUT2D eigenvalue weighted by Crippen LogP contribution is -2.02. The van der Waals surface area contributed by atoms with Crippen molar-refractivity contribution in [1.29, 1.82) is 0 Å². The smallest absolute Gasteiger partial charge is 0.0881 e. The van der Waals surface area contributed by atoms with Gasteiger partial charge in [-0.15, -0.1) is 5.10 Å². The summed E-state index contributed by atoms with van der Waals surface area (Å²) in [4.78, 5) is 0. The number of aromatic nitrogens is 3. The van der Waals surface area contributed by atoms with E-state index in [0.717, 1.165) is 12.2 Å². The Labute approximate surface area is 80.1 Å². The molecule has 0 fully saturated rings. The highest BCUT2D eigenvalue weighted by atomic mass is 15.4. The van der Waals surface area contributed by atoms with Crippen LogP contribution in [0, 0.1) is 6.92 Å². The van der Waals surface area contributed by atoms with Gasteiger partial charge in [-0.1, -0.05) is 32.4 Å². The molecule has 0 aliphatic rings. The molecule has 0 saturated heterocycles. The molecule has 3 heteroatoms. The molecule has 0 atom stereocenters. The van der Waals surface area contributed by atoms with Gasteiger partial charge >= 0.3 is 0 Å². The first-order valence-electron chi connectivity index (χ1n) is 5.06.